The van der Waals surface area contributed by atoms with E-state index in [0.717, 1.165) is 6.04 Å². The Bertz CT molecular complexity index is 91.6. The Kier molecular flexibility index (Phi) is 6.84. The molecule has 0 aromatic rings. The summed E-state index contributed by atoms with van der Waals surface area (Å²) in [6, 6.07) is 0.720. The molecule has 2 heteroatoms. The van der Waals surface area contributed by atoms with Crippen LogP contribution >= 0.6 is 0 Å². The molecule has 0 bridgehead atoms. The molecule has 0 atom stereocenters. The van der Waals surface area contributed by atoms with Crippen LogP contribution in [0, 0.1) is 0 Å². The fourth-order valence-electron chi connectivity index (χ4n) is 1.01. The predicted molar refractivity (Wildman–Crippen MR) is 54.7 cm³/mol. The van der Waals surface area contributed by atoms with Gasteiger partial charge < -0.3 is 0 Å². The van der Waals surface area contributed by atoms with E-state index in [2.05, 4.69) is 35.2 Å². The van der Waals surface area contributed by atoms with E-state index in [1.165, 1.54) is 13.0 Å². The summed E-state index contributed by atoms with van der Waals surface area (Å²) < 4.78 is 6.56. The van der Waals surface area contributed by atoms with Crippen LogP contribution < -0.4 is 0 Å². The van der Waals surface area contributed by atoms with Gasteiger partial charge in [0.25, 0.3) is 0 Å². The predicted octanol–water partition coefficient (Wildman–Crippen LogP) is 2.47. The molecule has 0 aliphatic rings. The third kappa shape index (κ3) is 7.20. The summed E-state index contributed by atoms with van der Waals surface area (Å²) in [5.74, 6) is 0. The van der Waals surface area contributed by atoms with Crippen LogP contribution in [0.2, 0.25) is 13.5 Å². The van der Waals surface area contributed by atoms with Crippen molar-refractivity contribution in [3.05, 3.63) is 0 Å². The van der Waals surface area contributed by atoms with Gasteiger partial charge in [-0.15, -0.1) is 0 Å². The summed E-state index contributed by atoms with van der Waals surface area (Å²) in [5.41, 5.74) is 0. The van der Waals surface area contributed by atoms with Gasteiger partial charge in [-0.05, 0) is 0 Å². The van der Waals surface area contributed by atoms with Crippen LogP contribution in [0.25, 0.3) is 0 Å². The second-order valence-corrected chi connectivity index (χ2v) is 13.7. The van der Waals surface area contributed by atoms with Gasteiger partial charge in [0.2, 0.25) is 0 Å². The fourth-order valence-corrected chi connectivity index (χ4v) is 3.86. The van der Waals surface area contributed by atoms with Gasteiger partial charge in [0, 0.05) is 0 Å². The van der Waals surface area contributed by atoms with E-state index < -0.39 is 21.4 Å². The van der Waals surface area contributed by atoms with Gasteiger partial charge in [0.15, 0.2) is 0 Å². The minimum atomic E-state index is -0.873. The molecule has 1 nitrogen and oxygen atoms in total. The normalized spacial score (nSPS) is 11.2. The second kappa shape index (κ2) is 6.36. The fraction of sp³-hybridized carbons (Fsp3) is 1.00. The third-order valence-corrected chi connectivity index (χ3v) is 6.63. The van der Waals surface area contributed by atoms with E-state index in [9.17, 15) is 0 Å². The number of rotatable bonds is 5. The van der Waals surface area contributed by atoms with Gasteiger partial charge in [-0.2, -0.15) is 0 Å². The number of hydrogen-bond acceptors (Lipinski definition) is 1. The van der Waals surface area contributed by atoms with Crippen molar-refractivity contribution in [1.82, 2.24) is 4.90 Å². The first kappa shape index (κ1) is 11.8. The molecular formula is C9H22InN. The monoisotopic (exact) mass is 259 g/mol. The maximum atomic E-state index is 2.50. The molecule has 0 fully saturated rings. The summed E-state index contributed by atoms with van der Waals surface area (Å²) in [6.07, 6.45) is 1.43. The van der Waals surface area contributed by atoms with Gasteiger partial charge in [-0.3, -0.25) is 0 Å². The second-order valence-electron chi connectivity index (χ2n) is 4.11. The Balaban J connectivity index is 3.24. The van der Waals surface area contributed by atoms with Crippen LogP contribution in [0.3, 0.4) is 0 Å². The van der Waals surface area contributed by atoms with Crippen LogP contribution in [0.5, 0.6) is 0 Å². The average Bonchev–Trinajstić information content (AvgIpc) is 1.86. The van der Waals surface area contributed by atoms with Crippen molar-refractivity contribution in [3.8, 4) is 0 Å². The Labute approximate surface area is 79.7 Å². The Morgan fingerprint density at radius 2 is 1.82 bits per heavy atom. The topological polar surface area (TPSA) is 3.24 Å². The molecule has 0 radical (unpaired) electrons. The van der Waals surface area contributed by atoms with E-state index in [1.54, 1.807) is 4.18 Å². The molecule has 0 aromatic heterocycles. The zero-order chi connectivity index (χ0) is 8.85. The first-order valence-electron chi connectivity index (χ1n) is 4.74. The number of nitrogens with zero attached hydrogens (tertiary/aromatic N) is 1. The van der Waals surface area contributed by atoms with Crippen molar-refractivity contribution in [2.75, 3.05) is 13.6 Å². The summed E-state index contributed by atoms with van der Waals surface area (Å²) >= 11 is -0.873. The van der Waals surface area contributed by atoms with Crippen molar-refractivity contribution < 1.29 is 0 Å². The SMILES string of the molecule is CC(C)N(C)CC[CH2][In]([CH3])[CH3]. The third-order valence-electron chi connectivity index (χ3n) is 2.17. The van der Waals surface area contributed by atoms with E-state index in [0.29, 0.717) is 0 Å². The van der Waals surface area contributed by atoms with Crippen molar-refractivity contribution in [2.24, 2.45) is 0 Å². The average molecular weight is 259 g/mol. The van der Waals surface area contributed by atoms with Gasteiger partial charge >= 0.3 is 79.8 Å². The summed E-state index contributed by atoms with van der Waals surface area (Å²) in [7, 11) is 2.22. The standard InChI is InChI=1S/C7H16N.2CH3.In/c1-5-6-8(4)7(2)3;;;/h7H,1,5-6H2,2-4H3;2*1H3;. The van der Waals surface area contributed by atoms with E-state index in [4.69, 9.17) is 0 Å². The molecule has 0 rings (SSSR count). The maximum absolute atomic E-state index is 2.50. The molecule has 11 heavy (non-hydrogen) atoms. The zero-order valence-electron chi connectivity index (χ0n) is 8.72. The van der Waals surface area contributed by atoms with Crippen LogP contribution in [0.4, 0.5) is 0 Å². The molecule has 0 spiro atoms. The van der Waals surface area contributed by atoms with Crippen LogP contribution in [-0.2, 0) is 0 Å². The summed E-state index contributed by atoms with van der Waals surface area (Å²) in [5, 5.41) is 0. The molecule has 66 valence electrons. The van der Waals surface area contributed by atoms with Crippen molar-refractivity contribution in [3.63, 3.8) is 0 Å². The van der Waals surface area contributed by atoms with Crippen LogP contribution in [0.1, 0.15) is 20.3 Å². The molecule has 0 amide bonds. The molecule has 0 saturated carbocycles. The summed E-state index contributed by atoms with van der Waals surface area (Å²) in [4.78, 5) is 2.44. The Hall–Kier alpha value is 0.830. The minimum absolute atomic E-state index is 0.720. The molecule has 0 aliphatic heterocycles. The quantitative estimate of drug-likeness (QED) is 0.733. The van der Waals surface area contributed by atoms with E-state index >= 15 is 0 Å². The number of hydrogen-bond donors (Lipinski definition) is 0. The molecule has 0 N–H and O–H groups in total. The molecule has 0 unspecified atom stereocenters. The van der Waals surface area contributed by atoms with Gasteiger partial charge in [0.05, 0.1) is 0 Å². The molecule has 0 aromatic carbocycles. The molecular weight excluding hydrogens is 237 g/mol. The Morgan fingerprint density at radius 3 is 2.18 bits per heavy atom. The Morgan fingerprint density at radius 1 is 1.27 bits per heavy atom. The first-order valence-corrected chi connectivity index (χ1v) is 13.7. The zero-order valence-corrected chi connectivity index (χ0v) is 12.0. The molecule has 0 saturated heterocycles. The van der Waals surface area contributed by atoms with Crippen molar-refractivity contribution in [1.29, 1.82) is 0 Å². The van der Waals surface area contributed by atoms with Crippen LogP contribution in [-0.4, -0.2) is 46.0 Å². The van der Waals surface area contributed by atoms with Gasteiger partial charge in [-0.25, -0.2) is 0 Å². The van der Waals surface area contributed by atoms with E-state index in [-0.39, 0.29) is 0 Å². The molecule has 0 heterocycles. The van der Waals surface area contributed by atoms with Gasteiger partial charge in [0.1, 0.15) is 0 Å². The summed E-state index contributed by atoms with van der Waals surface area (Å²) in [6.45, 7) is 5.82. The van der Waals surface area contributed by atoms with E-state index in [1.807, 2.05) is 0 Å². The first-order chi connectivity index (χ1) is 5.04. The molecule has 0 aliphatic carbocycles. The van der Waals surface area contributed by atoms with Crippen molar-refractivity contribution in [2.45, 2.75) is 39.8 Å². The van der Waals surface area contributed by atoms with Crippen molar-refractivity contribution >= 4 is 21.4 Å². The van der Waals surface area contributed by atoms with Gasteiger partial charge in [-0.1, -0.05) is 0 Å². The van der Waals surface area contributed by atoms with Crippen LogP contribution in [0.15, 0.2) is 0 Å².